The van der Waals surface area contributed by atoms with E-state index < -0.39 is 4.92 Å². The molecule has 1 heterocycles. The van der Waals surface area contributed by atoms with Gasteiger partial charge in [-0.05, 0) is 43.2 Å². The molecular weight excluding hydrogens is 380 g/mol. The number of hydrogen-bond donors (Lipinski definition) is 2. The summed E-state index contributed by atoms with van der Waals surface area (Å²) >= 11 is 5.90. The molecule has 0 atom stereocenters. The van der Waals surface area contributed by atoms with Crippen LogP contribution in [0.2, 0.25) is 5.02 Å². The van der Waals surface area contributed by atoms with E-state index in [-0.39, 0.29) is 11.6 Å². The minimum Gasteiger partial charge on any atom is -0.355 e. The van der Waals surface area contributed by atoms with Crippen molar-refractivity contribution in [2.24, 2.45) is 0 Å². The molecule has 1 aliphatic rings. The molecule has 0 spiro atoms. The van der Waals surface area contributed by atoms with Crippen molar-refractivity contribution in [2.45, 2.75) is 13.8 Å². The predicted molar refractivity (Wildman–Crippen MR) is 110 cm³/mol. The number of carbonyl (C=O) groups excluding carboxylic acids is 1. The zero-order valence-electron chi connectivity index (χ0n) is 16.0. The molecule has 0 unspecified atom stereocenters. The van der Waals surface area contributed by atoms with E-state index in [0.29, 0.717) is 30.3 Å². The third kappa shape index (κ3) is 4.61. The quantitative estimate of drug-likeness (QED) is 0.592. The fraction of sp³-hybridized carbons (Fsp3) is 0.350. The molecular formula is C20H24ClN4O3+. The summed E-state index contributed by atoms with van der Waals surface area (Å²) in [5.41, 5.74) is 3.66. The van der Waals surface area contributed by atoms with Crippen molar-refractivity contribution in [3.05, 3.63) is 62.7 Å². The Balaban J connectivity index is 1.58. The maximum absolute atomic E-state index is 12.4. The van der Waals surface area contributed by atoms with Gasteiger partial charge >= 0.3 is 0 Å². The molecule has 1 saturated heterocycles. The molecule has 0 aromatic heterocycles. The maximum Gasteiger partial charge on any atom is 0.294 e. The zero-order valence-corrected chi connectivity index (χ0v) is 16.8. The number of quaternary nitrogens is 1. The Kier molecular flexibility index (Phi) is 6.16. The molecule has 0 radical (unpaired) electrons. The highest BCUT2D eigenvalue weighted by Gasteiger charge is 2.27. The van der Waals surface area contributed by atoms with Gasteiger partial charge in [0.2, 0.25) is 0 Å². The van der Waals surface area contributed by atoms with Gasteiger partial charge in [-0.1, -0.05) is 23.7 Å². The Labute approximate surface area is 169 Å². The lowest BCUT2D eigenvalue weighted by molar-refractivity contribution is -0.892. The molecule has 7 nitrogen and oxygen atoms in total. The molecule has 1 aliphatic heterocycles. The first-order valence-corrected chi connectivity index (χ1v) is 9.61. The van der Waals surface area contributed by atoms with Gasteiger partial charge in [-0.25, -0.2) is 0 Å². The number of nitro groups is 1. The molecule has 2 N–H and O–H groups in total. The van der Waals surface area contributed by atoms with Crippen LogP contribution in [0.3, 0.4) is 0 Å². The van der Waals surface area contributed by atoms with Gasteiger partial charge in [0.1, 0.15) is 5.69 Å². The fourth-order valence-corrected chi connectivity index (χ4v) is 3.63. The smallest absolute Gasteiger partial charge is 0.294 e. The minimum absolute atomic E-state index is 0.0172. The second-order valence-electron chi connectivity index (χ2n) is 7.10. The van der Waals surface area contributed by atoms with E-state index >= 15 is 0 Å². The first kappa shape index (κ1) is 20.1. The summed E-state index contributed by atoms with van der Waals surface area (Å²) in [7, 11) is 0. The minimum atomic E-state index is -0.405. The van der Waals surface area contributed by atoms with Crippen molar-refractivity contribution in [1.82, 2.24) is 0 Å². The molecule has 1 amide bonds. The molecule has 148 valence electrons. The Morgan fingerprint density at radius 3 is 2.64 bits per heavy atom. The number of hydrogen-bond acceptors (Lipinski definition) is 4. The monoisotopic (exact) mass is 403 g/mol. The molecule has 0 bridgehead atoms. The van der Waals surface area contributed by atoms with Gasteiger partial charge in [0, 0.05) is 16.8 Å². The van der Waals surface area contributed by atoms with Gasteiger partial charge in [0.15, 0.2) is 6.54 Å². The van der Waals surface area contributed by atoms with Crippen LogP contribution in [0.4, 0.5) is 17.1 Å². The average Bonchev–Trinajstić information content (AvgIpc) is 2.66. The van der Waals surface area contributed by atoms with Crippen molar-refractivity contribution < 1.29 is 14.6 Å². The average molecular weight is 404 g/mol. The lowest BCUT2D eigenvalue weighted by Gasteiger charge is -2.33. The van der Waals surface area contributed by atoms with Crippen LogP contribution in [0.25, 0.3) is 0 Å². The summed E-state index contributed by atoms with van der Waals surface area (Å²) in [4.78, 5) is 26.5. The highest BCUT2D eigenvalue weighted by Crippen LogP contribution is 2.30. The SMILES string of the molecule is Cc1cccc(NC(=O)C[NH+]2CCN(c3ccc(Cl)cc3[N+](=O)[O-])CC2)c1C. The van der Waals surface area contributed by atoms with E-state index in [1.54, 1.807) is 12.1 Å². The summed E-state index contributed by atoms with van der Waals surface area (Å²) in [5.74, 6) is -0.0189. The lowest BCUT2D eigenvalue weighted by Crippen LogP contribution is -3.15. The maximum atomic E-state index is 12.4. The van der Waals surface area contributed by atoms with E-state index in [4.69, 9.17) is 11.6 Å². The topological polar surface area (TPSA) is 79.9 Å². The molecule has 28 heavy (non-hydrogen) atoms. The number of piperazine rings is 1. The Morgan fingerprint density at radius 2 is 1.96 bits per heavy atom. The van der Waals surface area contributed by atoms with Crippen LogP contribution in [0.5, 0.6) is 0 Å². The number of aryl methyl sites for hydroxylation is 1. The standard InChI is InChI=1S/C20H23ClN4O3/c1-14-4-3-5-17(15(14)2)22-20(26)13-23-8-10-24(11-9-23)18-7-6-16(21)12-19(18)25(27)28/h3-7,12H,8-11,13H2,1-2H3,(H,22,26)/p+1. The van der Waals surface area contributed by atoms with Gasteiger partial charge < -0.3 is 15.1 Å². The molecule has 2 aromatic carbocycles. The van der Waals surface area contributed by atoms with Crippen LogP contribution < -0.4 is 15.1 Å². The number of carbonyl (C=O) groups is 1. The number of benzene rings is 2. The molecule has 3 rings (SSSR count). The number of amides is 1. The molecule has 0 saturated carbocycles. The van der Waals surface area contributed by atoms with Crippen LogP contribution in [0, 0.1) is 24.0 Å². The fourth-order valence-electron chi connectivity index (χ4n) is 3.46. The Bertz CT molecular complexity index is 895. The number of halogens is 1. The van der Waals surface area contributed by atoms with E-state index in [2.05, 4.69) is 5.32 Å². The lowest BCUT2D eigenvalue weighted by atomic mass is 10.1. The summed E-state index contributed by atoms with van der Waals surface area (Å²) in [5, 5.41) is 14.7. The van der Waals surface area contributed by atoms with Crippen molar-refractivity contribution in [3.63, 3.8) is 0 Å². The number of nitrogens with one attached hydrogen (secondary N) is 2. The summed E-state index contributed by atoms with van der Waals surface area (Å²) < 4.78 is 0. The zero-order chi connectivity index (χ0) is 20.3. The Morgan fingerprint density at radius 1 is 1.25 bits per heavy atom. The van der Waals surface area contributed by atoms with Gasteiger partial charge in [-0.15, -0.1) is 0 Å². The van der Waals surface area contributed by atoms with E-state index in [9.17, 15) is 14.9 Å². The third-order valence-electron chi connectivity index (χ3n) is 5.23. The normalized spacial score (nSPS) is 14.8. The number of nitrogens with zero attached hydrogens (tertiary/aromatic N) is 2. The highest BCUT2D eigenvalue weighted by molar-refractivity contribution is 6.30. The molecule has 8 heteroatoms. The van der Waals surface area contributed by atoms with Crippen LogP contribution in [0.15, 0.2) is 36.4 Å². The van der Waals surface area contributed by atoms with E-state index in [1.165, 1.54) is 6.07 Å². The summed E-state index contributed by atoms with van der Waals surface area (Å²) in [6, 6.07) is 10.6. The summed E-state index contributed by atoms with van der Waals surface area (Å²) in [6.45, 7) is 7.16. The Hall–Kier alpha value is -2.64. The van der Waals surface area contributed by atoms with E-state index in [0.717, 1.165) is 34.8 Å². The first-order chi connectivity index (χ1) is 13.3. The number of anilines is 2. The second kappa shape index (κ2) is 8.58. The van der Waals surface area contributed by atoms with Crippen LogP contribution in [0.1, 0.15) is 11.1 Å². The molecule has 0 aliphatic carbocycles. The predicted octanol–water partition coefficient (Wildman–Crippen LogP) is 2.21. The van der Waals surface area contributed by atoms with Crippen LogP contribution in [-0.2, 0) is 4.79 Å². The van der Waals surface area contributed by atoms with Crippen molar-refractivity contribution in [3.8, 4) is 0 Å². The van der Waals surface area contributed by atoms with Crippen molar-refractivity contribution in [2.75, 3.05) is 42.9 Å². The largest absolute Gasteiger partial charge is 0.355 e. The highest BCUT2D eigenvalue weighted by atomic mass is 35.5. The number of rotatable bonds is 5. The second-order valence-corrected chi connectivity index (χ2v) is 7.54. The van der Waals surface area contributed by atoms with E-state index in [1.807, 2.05) is 36.9 Å². The van der Waals surface area contributed by atoms with Crippen LogP contribution in [-0.4, -0.2) is 43.6 Å². The van der Waals surface area contributed by atoms with Crippen molar-refractivity contribution in [1.29, 1.82) is 0 Å². The number of nitro benzene ring substituents is 1. The summed E-state index contributed by atoms with van der Waals surface area (Å²) in [6.07, 6.45) is 0. The third-order valence-corrected chi connectivity index (χ3v) is 5.47. The van der Waals surface area contributed by atoms with Gasteiger partial charge in [-0.2, -0.15) is 0 Å². The molecule has 1 fully saturated rings. The van der Waals surface area contributed by atoms with Crippen LogP contribution >= 0.6 is 11.6 Å². The van der Waals surface area contributed by atoms with Gasteiger partial charge in [-0.3, -0.25) is 14.9 Å². The first-order valence-electron chi connectivity index (χ1n) is 9.23. The molecule has 2 aromatic rings. The van der Waals surface area contributed by atoms with Gasteiger partial charge in [0.25, 0.3) is 11.6 Å². The van der Waals surface area contributed by atoms with Crippen molar-refractivity contribution >= 4 is 34.6 Å². The van der Waals surface area contributed by atoms with Gasteiger partial charge in [0.05, 0.1) is 31.1 Å².